The first-order chi connectivity index (χ1) is 12.1. The molecule has 2 N–H and O–H groups in total. The highest BCUT2D eigenvalue weighted by Crippen LogP contribution is 2.47. The Morgan fingerprint density at radius 1 is 1.31 bits per heavy atom. The van der Waals surface area contributed by atoms with E-state index >= 15 is 0 Å². The summed E-state index contributed by atoms with van der Waals surface area (Å²) in [6.07, 6.45) is 6.25. The molecule has 1 aliphatic carbocycles. The van der Waals surface area contributed by atoms with E-state index in [-0.39, 0.29) is 22.8 Å². The van der Waals surface area contributed by atoms with Gasteiger partial charge in [-0.3, -0.25) is 4.79 Å². The Kier molecular flexibility index (Phi) is 6.21. The SMILES string of the molecule is C/C(=C\Cc1c(O)cc(C)c(C)c1O)CC[C@@]1(C)[C@H](C)CCC(=O)[C@@H]1C. The third-order valence-corrected chi connectivity index (χ3v) is 7.03. The number of hydrogen-bond donors (Lipinski definition) is 2. The van der Waals surface area contributed by atoms with Crippen molar-refractivity contribution in [2.24, 2.45) is 17.3 Å². The van der Waals surface area contributed by atoms with Gasteiger partial charge in [-0.15, -0.1) is 0 Å². The number of Topliss-reactive ketones (excluding diaryl/α,β-unsaturated/α-hetero) is 1. The fourth-order valence-electron chi connectivity index (χ4n) is 4.14. The molecule has 0 spiro atoms. The van der Waals surface area contributed by atoms with Gasteiger partial charge in [-0.05, 0) is 75.0 Å². The largest absolute Gasteiger partial charge is 0.508 e. The van der Waals surface area contributed by atoms with E-state index in [0.717, 1.165) is 36.8 Å². The van der Waals surface area contributed by atoms with Crippen molar-refractivity contribution in [3.05, 3.63) is 34.4 Å². The summed E-state index contributed by atoms with van der Waals surface area (Å²) >= 11 is 0. The first-order valence-corrected chi connectivity index (χ1v) is 9.77. The number of aromatic hydroxyl groups is 2. The maximum Gasteiger partial charge on any atom is 0.136 e. The van der Waals surface area contributed by atoms with E-state index in [4.69, 9.17) is 0 Å². The summed E-state index contributed by atoms with van der Waals surface area (Å²) in [6.45, 7) is 12.5. The summed E-state index contributed by atoms with van der Waals surface area (Å²) in [5.74, 6) is 1.42. The minimum absolute atomic E-state index is 0.0508. The molecule has 0 bridgehead atoms. The van der Waals surface area contributed by atoms with Crippen LogP contribution in [0.2, 0.25) is 0 Å². The Balaban J connectivity index is 2.08. The molecule has 2 rings (SSSR count). The van der Waals surface area contributed by atoms with Crippen LogP contribution in [-0.2, 0) is 11.2 Å². The van der Waals surface area contributed by atoms with Gasteiger partial charge in [-0.1, -0.05) is 32.4 Å². The molecule has 1 aromatic carbocycles. The van der Waals surface area contributed by atoms with E-state index in [1.807, 2.05) is 13.8 Å². The van der Waals surface area contributed by atoms with Crippen LogP contribution in [0, 0.1) is 31.1 Å². The van der Waals surface area contributed by atoms with Gasteiger partial charge in [0.25, 0.3) is 0 Å². The molecule has 1 fully saturated rings. The zero-order valence-electron chi connectivity index (χ0n) is 17.1. The van der Waals surface area contributed by atoms with E-state index < -0.39 is 0 Å². The summed E-state index contributed by atoms with van der Waals surface area (Å²) < 4.78 is 0. The van der Waals surface area contributed by atoms with Crippen LogP contribution in [0.5, 0.6) is 11.5 Å². The molecule has 0 amide bonds. The molecule has 1 saturated carbocycles. The van der Waals surface area contributed by atoms with Gasteiger partial charge in [-0.2, -0.15) is 0 Å². The maximum atomic E-state index is 12.2. The number of benzene rings is 1. The van der Waals surface area contributed by atoms with Gasteiger partial charge >= 0.3 is 0 Å². The van der Waals surface area contributed by atoms with Crippen LogP contribution in [0.3, 0.4) is 0 Å². The van der Waals surface area contributed by atoms with Crippen molar-refractivity contribution < 1.29 is 15.0 Å². The van der Waals surface area contributed by atoms with Crippen molar-refractivity contribution in [1.82, 2.24) is 0 Å². The summed E-state index contributed by atoms with van der Waals surface area (Å²) in [6, 6.07) is 1.71. The van der Waals surface area contributed by atoms with Gasteiger partial charge in [0.2, 0.25) is 0 Å². The van der Waals surface area contributed by atoms with Crippen LogP contribution in [0.4, 0.5) is 0 Å². The Hall–Kier alpha value is -1.77. The van der Waals surface area contributed by atoms with Gasteiger partial charge in [0.15, 0.2) is 0 Å². The molecule has 3 atom stereocenters. The molecule has 3 nitrogen and oxygen atoms in total. The molecule has 0 aromatic heterocycles. The lowest BCUT2D eigenvalue weighted by atomic mass is 9.59. The average molecular weight is 359 g/mol. The van der Waals surface area contributed by atoms with E-state index in [2.05, 4.69) is 33.8 Å². The number of rotatable bonds is 5. The van der Waals surface area contributed by atoms with Crippen molar-refractivity contribution in [2.45, 2.75) is 73.6 Å². The monoisotopic (exact) mass is 358 g/mol. The Bertz CT molecular complexity index is 717. The molecule has 1 aliphatic rings. The van der Waals surface area contributed by atoms with Crippen molar-refractivity contribution >= 4 is 5.78 Å². The second-order valence-electron chi connectivity index (χ2n) is 8.55. The number of phenols is 2. The predicted molar refractivity (Wildman–Crippen MR) is 107 cm³/mol. The Morgan fingerprint density at radius 2 is 1.96 bits per heavy atom. The van der Waals surface area contributed by atoms with Crippen LogP contribution in [-0.4, -0.2) is 16.0 Å². The number of ketones is 1. The van der Waals surface area contributed by atoms with Crippen LogP contribution in [0.15, 0.2) is 17.7 Å². The fraction of sp³-hybridized carbons (Fsp3) is 0.609. The zero-order valence-corrected chi connectivity index (χ0v) is 17.1. The number of phenolic OH excluding ortho intramolecular Hbond substituents is 2. The Labute approximate surface area is 158 Å². The van der Waals surface area contributed by atoms with E-state index in [0.29, 0.717) is 23.7 Å². The third kappa shape index (κ3) is 3.97. The Morgan fingerprint density at radius 3 is 2.62 bits per heavy atom. The highest BCUT2D eigenvalue weighted by Gasteiger charge is 2.42. The van der Waals surface area contributed by atoms with Crippen LogP contribution in [0.1, 0.15) is 70.1 Å². The molecule has 0 radical (unpaired) electrons. The summed E-state index contributed by atoms with van der Waals surface area (Å²) in [4.78, 5) is 12.2. The molecule has 0 saturated heterocycles. The van der Waals surface area contributed by atoms with Gasteiger partial charge in [0.1, 0.15) is 17.3 Å². The predicted octanol–water partition coefficient (Wildman–Crippen LogP) is 5.63. The van der Waals surface area contributed by atoms with Crippen molar-refractivity contribution in [2.75, 3.05) is 0 Å². The maximum absolute atomic E-state index is 12.2. The lowest BCUT2D eigenvalue weighted by Crippen LogP contribution is -2.41. The molecular weight excluding hydrogens is 324 g/mol. The minimum Gasteiger partial charge on any atom is -0.508 e. The van der Waals surface area contributed by atoms with Crippen LogP contribution < -0.4 is 0 Å². The molecule has 1 aromatic rings. The summed E-state index contributed by atoms with van der Waals surface area (Å²) in [7, 11) is 0. The topological polar surface area (TPSA) is 57.5 Å². The van der Waals surface area contributed by atoms with Crippen LogP contribution in [0.25, 0.3) is 0 Å². The smallest absolute Gasteiger partial charge is 0.136 e. The quantitative estimate of drug-likeness (QED) is 0.671. The van der Waals surface area contributed by atoms with E-state index in [1.165, 1.54) is 5.57 Å². The van der Waals surface area contributed by atoms with Crippen LogP contribution >= 0.6 is 0 Å². The van der Waals surface area contributed by atoms with Gasteiger partial charge in [-0.25, -0.2) is 0 Å². The number of aryl methyl sites for hydroxylation is 1. The van der Waals surface area contributed by atoms with Crippen molar-refractivity contribution in [3.63, 3.8) is 0 Å². The normalized spacial score (nSPS) is 27.0. The highest BCUT2D eigenvalue weighted by molar-refractivity contribution is 5.82. The molecule has 26 heavy (non-hydrogen) atoms. The minimum atomic E-state index is 0.0508. The molecule has 0 unspecified atom stereocenters. The lowest BCUT2D eigenvalue weighted by Gasteiger charge is -2.44. The third-order valence-electron chi connectivity index (χ3n) is 7.03. The summed E-state index contributed by atoms with van der Waals surface area (Å²) in [5.41, 5.74) is 3.59. The summed E-state index contributed by atoms with van der Waals surface area (Å²) in [5, 5.41) is 20.5. The molecule has 0 aliphatic heterocycles. The number of hydrogen-bond acceptors (Lipinski definition) is 3. The zero-order chi connectivity index (χ0) is 19.6. The van der Waals surface area contributed by atoms with Gasteiger partial charge in [0, 0.05) is 17.9 Å². The highest BCUT2D eigenvalue weighted by atomic mass is 16.3. The second-order valence-corrected chi connectivity index (χ2v) is 8.55. The second kappa shape index (κ2) is 7.85. The van der Waals surface area contributed by atoms with Gasteiger partial charge < -0.3 is 10.2 Å². The first kappa shape index (κ1) is 20.5. The number of carbonyl (C=O) groups excluding carboxylic acids is 1. The van der Waals surface area contributed by atoms with Gasteiger partial charge in [0.05, 0.1) is 0 Å². The first-order valence-electron chi connectivity index (χ1n) is 9.77. The average Bonchev–Trinajstić information content (AvgIpc) is 2.59. The standard InChI is InChI=1S/C23H34O3/c1-14(7-9-19-21(25)13-15(2)17(4)22(19)26)11-12-23(6)16(3)8-10-20(24)18(23)5/h7,13,16,18,25-26H,8-12H2,1-6H3/b14-7+/t16-,18+,23+/m1/s1. The molecule has 144 valence electrons. The number of carbonyl (C=O) groups is 1. The number of allylic oxidation sites excluding steroid dienone is 2. The molecule has 3 heteroatoms. The van der Waals surface area contributed by atoms with E-state index in [9.17, 15) is 15.0 Å². The van der Waals surface area contributed by atoms with E-state index in [1.54, 1.807) is 6.07 Å². The molecule has 0 heterocycles. The van der Waals surface area contributed by atoms with Crippen molar-refractivity contribution in [3.8, 4) is 11.5 Å². The fourth-order valence-corrected chi connectivity index (χ4v) is 4.14. The van der Waals surface area contributed by atoms with Crippen molar-refractivity contribution in [1.29, 1.82) is 0 Å². The lowest BCUT2D eigenvalue weighted by molar-refractivity contribution is -0.132. The molecular formula is C23H34O3.